The van der Waals surface area contributed by atoms with E-state index in [1.165, 1.54) is 6.26 Å². The van der Waals surface area contributed by atoms with Gasteiger partial charge in [0.1, 0.15) is 9.84 Å². The summed E-state index contributed by atoms with van der Waals surface area (Å²) in [5, 5.41) is 6.41. The van der Waals surface area contributed by atoms with Gasteiger partial charge in [-0.25, -0.2) is 8.42 Å². The molecule has 7 heteroatoms. The van der Waals surface area contributed by atoms with Gasteiger partial charge >= 0.3 is 0 Å². The Hall–Kier alpha value is -1.11. The zero-order valence-corrected chi connectivity index (χ0v) is 12.7. The molecule has 2 rings (SSSR count). The number of amides is 1. The van der Waals surface area contributed by atoms with Crippen LogP contribution in [0.1, 0.15) is 11.5 Å². The predicted octanol–water partition coefficient (Wildman–Crippen LogP) is 0.556. The summed E-state index contributed by atoms with van der Waals surface area (Å²) in [7, 11) is -3.14. The van der Waals surface area contributed by atoms with Crippen LogP contribution in [0.5, 0.6) is 0 Å². The van der Waals surface area contributed by atoms with E-state index in [0.29, 0.717) is 11.6 Å². The Morgan fingerprint density at radius 2 is 2.20 bits per heavy atom. The number of hydrogen-bond acceptors (Lipinski definition) is 4. The molecule has 1 fully saturated rings. The first-order valence-electron chi connectivity index (χ1n) is 6.28. The van der Waals surface area contributed by atoms with E-state index in [1.807, 2.05) is 6.07 Å². The number of hydrogen-bond donors (Lipinski definition) is 2. The molecule has 1 aliphatic rings. The van der Waals surface area contributed by atoms with E-state index in [-0.39, 0.29) is 30.2 Å². The number of nitrogens with one attached hydrogen (secondary N) is 2. The van der Waals surface area contributed by atoms with Crippen LogP contribution in [0.15, 0.2) is 24.3 Å². The number of rotatable bonds is 4. The fourth-order valence-electron chi connectivity index (χ4n) is 2.37. The maximum Gasteiger partial charge on any atom is 0.234 e. The standard InChI is InChI=1S/C13H17ClN2O3S/c1-20(18,19)8-11(9-3-2-4-10(14)5-9)12-6-16-13(17)7-15-12/h2-5,11-12,15H,6-8H2,1H3,(H,16,17). The second-order valence-electron chi connectivity index (χ2n) is 5.05. The van der Waals surface area contributed by atoms with Crippen LogP contribution in [0, 0.1) is 0 Å². The van der Waals surface area contributed by atoms with Crippen molar-refractivity contribution in [3.8, 4) is 0 Å². The molecular formula is C13H17ClN2O3S. The van der Waals surface area contributed by atoms with Crippen LogP contribution < -0.4 is 10.6 Å². The summed E-state index contributed by atoms with van der Waals surface area (Å²) < 4.78 is 23.3. The van der Waals surface area contributed by atoms with E-state index in [0.717, 1.165) is 5.56 Å². The summed E-state index contributed by atoms with van der Waals surface area (Å²) in [6.07, 6.45) is 1.21. The summed E-state index contributed by atoms with van der Waals surface area (Å²) in [6.45, 7) is 0.608. The smallest absolute Gasteiger partial charge is 0.234 e. The molecule has 2 N–H and O–H groups in total. The molecule has 1 saturated heterocycles. The van der Waals surface area contributed by atoms with Crippen molar-refractivity contribution in [1.82, 2.24) is 10.6 Å². The molecule has 1 heterocycles. The van der Waals surface area contributed by atoms with Crippen molar-refractivity contribution < 1.29 is 13.2 Å². The highest BCUT2D eigenvalue weighted by Gasteiger charge is 2.29. The first-order valence-corrected chi connectivity index (χ1v) is 8.72. The Bertz CT molecular complexity index is 593. The number of benzene rings is 1. The van der Waals surface area contributed by atoms with E-state index in [9.17, 15) is 13.2 Å². The predicted molar refractivity (Wildman–Crippen MR) is 78.7 cm³/mol. The second kappa shape index (κ2) is 6.11. The Morgan fingerprint density at radius 3 is 2.75 bits per heavy atom. The Kier molecular flexibility index (Phi) is 4.67. The molecule has 5 nitrogen and oxygen atoms in total. The van der Waals surface area contributed by atoms with Crippen molar-refractivity contribution in [2.24, 2.45) is 0 Å². The van der Waals surface area contributed by atoms with Crippen molar-refractivity contribution in [3.63, 3.8) is 0 Å². The molecule has 0 aromatic heterocycles. The van der Waals surface area contributed by atoms with Gasteiger partial charge < -0.3 is 10.6 Å². The minimum atomic E-state index is -3.14. The molecule has 0 bridgehead atoms. The van der Waals surface area contributed by atoms with Gasteiger partial charge in [0.25, 0.3) is 0 Å². The molecule has 110 valence electrons. The first kappa shape index (κ1) is 15.3. The average molecular weight is 317 g/mol. The lowest BCUT2D eigenvalue weighted by atomic mass is 9.92. The Labute approximate surface area is 123 Å². The maximum atomic E-state index is 11.7. The van der Waals surface area contributed by atoms with E-state index in [4.69, 9.17) is 11.6 Å². The summed E-state index contributed by atoms with van der Waals surface area (Å²) in [4.78, 5) is 11.2. The quantitative estimate of drug-likeness (QED) is 0.851. The van der Waals surface area contributed by atoms with Crippen LogP contribution >= 0.6 is 11.6 Å². The normalized spacial score (nSPS) is 21.3. The molecule has 1 amide bonds. The molecule has 1 aliphatic heterocycles. The number of carbonyl (C=O) groups excluding carboxylic acids is 1. The molecule has 0 spiro atoms. The van der Waals surface area contributed by atoms with Gasteiger partial charge in [0.15, 0.2) is 0 Å². The Morgan fingerprint density at radius 1 is 1.45 bits per heavy atom. The van der Waals surface area contributed by atoms with Gasteiger partial charge in [-0.3, -0.25) is 4.79 Å². The number of halogens is 1. The van der Waals surface area contributed by atoms with E-state index in [2.05, 4.69) is 10.6 Å². The zero-order chi connectivity index (χ0) is 14.8. The SMILES string of the molecule is CS(=O)(=O)CC(c1cccc(Cl)c1)C1CNC(=O)CN1. The van der Waals surface area contributed by atoms with Gasteiger partial charge in [-0.2, -0.15) is 0 Å². The fraction of sp³-hybridized carbons (Fsp3) is 0.462. The highest BCUT2D eigenvalue weighted by Crippen LogP contribution is 2.25. The highest BCUT2D eigenvalue weighted by molar-refractivity contribution is 7.90. The summed E-state index contributed by atoms with van der Waals surface area (Å²) in [5.74, 6) is -0.310. The highest BCUT2D eigenvalue weighted by atomic mass is 35.5. The monoisotopic (exact) mass is 316 g/mol. The third-order valence-electron chi connectivity index (χ3n) is 3.29. The van der Waals surface area contributed by atoms with Crippen molar-refractivity contribution in [2.75, 3.05) is 25.1 Å². The van der Waals surface area contributed by atoms with Gasteiger partial charge in [0.05, 0.1) is 12.3 Å². The lowest BCUT2D eigenvalue weighted by molar-refractivity contribution is -0.121. The zero-order valence-electron chi connectivity index (χ0n) is 11.1. The number of sulfone groups is 1. The van der Waals surface area contributed by atoms with Crippen LogP contribution in [0.4, 0.5) is 0 Å². The van der Waals surface area contributed by atoms with Crippen LogP contribution in [-0.2, 0) is 14.6 Å². The summed E-state index contributed by atoms with van der Waals surface area (Å²) in [5.41, 5.74) is 0.858. The summed E-state index contributed by atoms with van der Waals surface area (Å²) in [6, 6.07) is 7.06. The van der Waals surface area contributed by atoms with Gasteiger partial charge in [0, 0.05) is 29.8 Å². The number of piperazine rings is 1. The van der Waals surface area contributed by atoms with Crippen LogP contribution in [0.3, 0.4) is 0 Å². The second-order valence-corrected chi connectivity index (χ2v) is 7.67. The van der Waals surface area contributed by atoms with Gasteiger partial charge in [-0.15, -0.1) is 0 Å². The molecule has 2 atom stereocenters. The van der Waals surface area contributed by atoms with Gasteiger partial charge in [-0.1, -0.05) is 23.7 Å². The molecule has 1 aromatic carbocycles. The minimum Gasteiger partial charge on any atom is -0.353 e. The molecule has 0 radical (unpaired) electrons. The van der Waals surface area contributed by atoms with E-state index in [1.54, 1.807) is 18.2 Å². The summed E-state index contributed by atoms with van der Waals surface area (Å²) >= 11 is 5.98. The van der Waals surface area contributed by atoms with Crippen molar-refractivity contribution >= 4 is 27.3 Å². The third-order valence-corrected chi connectivity index (χ3v) is 4.49. The largest absolute Gasteiger partial charge is 0.353 e. The van der Waals surface area contributed by atoms with Gasteiger partial charge in [-0.05, 0) is 17.7 Å². The average Bonchev–Trinajstić information content (AvgIpc) is 2.36. The lowest BCUT2D eigenvalue weighted by Crippen LogP contribution is -2.55. The van der Waals surface area contributed by atoms with Crippen LogP contribution in [0.2, 0.25) is 5.02 Å². The topological polar surface area (TPSA) is 75.3 Å². The minimum absolute atomic E-state index is 0.0148. The van der Waals surface area contributed by atoms with Crippen LogP contribution in [-0.4, -0.2) is 45.5 Å². The lowest BCUT2D eigenvalue weighted by Gasteiger charge is -2.31. The van der Waals surface area contributed by atoms with Gasteiger partial charge in [0.2, 0.25) is 5.91 Å². The molecule has 1 aromatic rings. The Balaban J connectivity index is 2.27. The van der Waals surface area contributed by atoms with Crippen LogP contribution in [0.25, 0.3) is 0 Å². The molecule has 0 saturated carbocycles. The molecule has 0 aliphatic carbocycles. The number of carbonyl (C=O) groups is 1. The van der Waals surface area contributed by atoms with E-state index >= 15 is 0 Å². The molecule has 20 heavy (non-hydrogen) atoms. The van der Waals surface area contributed by atoms with Crippen molar-refractivity contribution in [2.45, 2.75) is 12.0 Å². The molecule has 2 unspecified atom stereocenters. The first-order chi connectivity index (χ1) is 9.35. The van der Waals surface area contributed by atoms with Crippen molar-refractivity contribution in [1.29, 1.82) is 0 Å². The maximum absolute atomic E-state index is 11.7. The third kappa shape index (κ3) is 4.19. The fourth-order valence-corrected chi connectivity index (χ4v) is 3.65. The van der Waals surface area contributed by atoms with E-state index < -0.39 is 9.84 Å². The molecular weight excluding hydrogens is 300 g/mol. The van der Waals surface area contributed by atoms with Crippen molar-refractivity contribution in [3.05, 3.63) is 34.9 Å².